The van der Waals surface area contributed by atoms with Crippen LogP contribution in [0.2, 0.25) is 0 Å². The van der Waals surface area contributed by atoms with E-state index in [9.17, 15) is 0 Å². The summed E-state index contributed by atoms with van der Waals surface area (Å²) in [6.07, 6.45) is 0. The van der Waals surface area contributed by atoms with E-state index in [1.54, 1.807) is 0 Å². The summed E-state index contributed by atoms with van der Waals surface area (Å²) in [4.78, 5) is 8.59. The maximum Gasteiger partial charge on any atom is 0.257 e. The van der Waals surface area contributed by atoms with E-state index in [-0.39, 0.29) is 47.0 Å². The van der Waals surface area contributed by atoms with E-state index in [1.165, 1.54) is 166 Å². The van der Waals surface area contributed by atoms with E-state index in [1.807, 2.05) is 0 Å². The molecular weight excluding hydrogens is 982 g/mol. The highest BCUT2D eigenvalue weighted by Gasteiger charge is 2.62. The topological polar surface area (TPSA) is 9.72 Å². The summed E-state index contributed by atoms with van der Waals surface area (Å²) in [5.41, 5.74) is 41.6. The van der Waals surface area contributed by atoms with Gasteiger partial charge < -0.3 is 14.7 Å². The summed E-state index contributed by atoms with van der Waals surface area (Å²) >= 11 is 0. The van der Waals surface area contributed by atoms with Crippen LogP contribution in [0.25, 0.3) is 0 Å². The van der Waals surface area contributed by atoms with E-state index in [0.29, 0.717) is 0 Å². The van der Waals surface area contributed by atoms with Gasteiger partial charge in [0.2, 0.25) is 40.3 Å². The van der Waals surface area contributed by atoms with Crippen LogP contribution >= 0.6 is 0 Å². The van der Waals surface area contributed by atoms with Crippen molar-refractivity contribution in [2.45, 2.75) is 0 Å². The molecule has 9 heterocycles. The van der Waals surface area contributed by atoms with Crippen LogP contribution in [0.4, 0.5) is 51.2 Å². The lowest BCUT2D eigenvalue weighted by Gasteiger charge is -2.59. The summed E-state index contributed by atoms with van der Waals surface area (Å²) in [6.45, 7) is -0.0974. The standard InChI is InChI=1S/C72H42B7N3/c1-7-22-43(23-8-1)73-49-34-19-35-50-64(49)80-67-55(73)40-56-68-61(67)79-62-69(80)57(74(50)44-24-9-2-10-25-44)41-58-70(62)82-66-53(77(58)47-30-15-5-16-31-47)38-21-39-54(66)78(48-32-17-6-18-33-48)60-42-59-71(63(79)72(60)82)81(68)65-51(75(56)45-26-11-3-12-27-45)36-20-37-52(65)76(59)46-28-13-4-14-29-46/h1-42H. The zero-order chi connectivity index (χ0) is 52.8. The number of benzene rings is 12. The second kappa shape index (κ2) is 15.3. The maximum absolute atomic E-state index is 2.86. The van der Waals surface area contributed by atoms with Crippen molar-refractivity contribution < 1.29 is 0 Å². The van der Waals surface area contributed by atoms with Gasteiger partial charge in [0.15, 0.2) is 0 Å². The van der Waals surface area contributed by atoms with E-state index < -0.39 is 0 Å². The van der Waals surface area contributed by atoms with Crippen molar-refractivity contribution in [3.63, 3.8) is 0 Å². The Morgan fingerprint density at radius 2 is 0.341 bits per heavy atom. The Labute approximate surface area is 479 Å². The Morgan fingerprint density at radius 1 is 0.159 bits per heavy atom. The molecule has 0 fully saturated rings. The first-order chi connectivity index (χ1) is 40.8. The second-order valence-corrected chi connectivity index (χ2v) is 24.4. The molecule has 21 rings (SSSR count). The molecule has 0 bridgehead atoms. The molecule has 82 heavy (non-hydrogen) atoms. The summed E-state index contributed by atoms with van der Waals surface area (Å²) in [5.74, 6) is 0. The van der Waals surface area contributed by atoms with Crippen LogP contribution in [0.15, 0.2) is 255 Å². The first kappa shape index (κ1) is 43.3. The molecule has 0 N–H and O–H groups in total. The van der Waals surface area contributed by atoms with E-state index >= 15 is 0 Å². The lowest BCUT2D eigenvalue weighted by Crippen LogP contribution is -2.80. The van der Waals surface area contributed by atoms with Gasteiger partial charge >= 0.3 is 0 Å². The zero-order valence-electron chi connectivity index (χ0n) is 44.6. The summed E-state index contributed by atoms with van der Waals surface area (Å²) in [5, 5.41) is 0. The smallest absolute Gasteiger partial charge is 0.257 e. The second-order valence-electron chi connectivity index (χ2n) is 24.4. The minimum absolute atomic E-state index is 0.00448. The quantitative estimate of drug-likeness (QED) is 0.226. The Kier molecular flexibility index (Phi) is 8.07. The van der Waals surface area contributed by atoms with Crippen LogP contribution in [-0.4, -0.2) is 47.0 Å². The van der Waals surface area contributed by atoms with Gasteiger partial charge in [-0.3, -0.25) is 0 Å². The van der Waals surface area contributed by atoms with Crippen molar-refractivity contribution in [3.8, 4) is 0 Å². The third kappa shape index (κ3) is 5.02. The van der Waals surface area contributed by atoms with E-state index in [4.69, 9.17) is 0 Å². The van der Waals surface area contributed by atoms with Crippen molar-refractivity contribution in [1.29, 1.82) is 0 Å². The number of nitrogens with zero attached hydrogens (tertiary/aromatic N) is 3. The van der Waals surface area contributed by atoms with Crippen molar-refractivity contribution in [3.05, 3.63) is 255 Å². The third-order valence-electron chi connectivity index (χ3n) is 20.8. The molecule has 12 aromatic carbocycles. The molecule has 0 atom stereocenters. The van der Waals surface area contributed by atoms with Gasteiger partial charge in [-0.2, -0.15) is 0 Å². The largest absolute Gasteiger partial charge is 0.313 e. The summed E-state index contributed by atoms with van der Waals surface area (Å²) in [6, 6.07) is 99.3. The highest BCUT2D eigenvalue weighted by molar-refractivity contribution is 7.14. The van der Waals surface area contributed by atoms with Gasteiger partial charge in [-0.05, 0) is 81.9 Å². The van der Waals surface area contributed by atoms with Gasteiger partial charge in [0.1, 0.15) is 0 Å². The molecule has 10 heteroatoms. The first-order valence-electron chi connectivity index (χ1n) is 29.5. The zero-order valence-corrected chi connectivity index (χ0v) is 44.6. The monoisotopic (exact) mass is 1030 g/mol. The van der Waals surface area contributed by atoms with Crippen LogP contribution in [0.5, 0.6) is 0 Å². The van der Waals surface area contributed by atoms with E-state index in [0.717, 1.165) is 0 Å². The number of rotatable bonds is 6. The SMILES string of the molecule is c1ccc(B2c3cccc4c3N3c5c2cc2c6c5B5c7c3c(cc3c7N7c8c(cccc8B(c8ccccc8)c8cc9c(c5c87)N6c5c(cccc5B9c5ccccc5)B2c2ccccc2)B3c2ccccc2)B4c2ccccc2)cc1. The molecule has 0 unspecified atom stereocenters. The molecule has 0 saturated heterocycles. The normalized spacial score (nSPS) is 15.1. The molecule has 0 aromatic heterocycles. The predicted octanol–water partition coefficient (Wildman–Crippen LogP) is 0.530. The lowest BCUT2D eigenvalue weighted by molar-refractivity contribution is 1.24. The minimum Gasteiger partial charge on any atom is -0.313 e. The third-order valence-corrected chi connectivity index (χ3v) is 20.8. The fourth-order valence-electron chi connectivity index (χ4n) is 18.2. The molecule has 366 valence electrons. The van der Waals surface area contributed by atoms with Crippen LogP contribution in [-0.2, 0) is 0 Å². The molecule has 0 saturated carbocycles. The summed E-state index contributed by atoms with van der Waals surface area (Å²) in [7, 11) is 0. The molecule has 0 amide bonds. The predicted molar refractivity (Wildman–Crippen MR) is 355 cm³/mol. The van der Waals surface area contributed by atoms with Gasteiger partial charge in [0.05, 0.1) is 0 Å². The van der Waals surface area contributed by atoms with E-state index in [2.05, 4.69) is 269 Å². The fourth-order valence-corrected chi connectivity index (χ4v) is 18.2. The number of hydrogen-bond acceptors (Lipinski definition) is 3. The molecule has 9 aliphatic rings. The highest BCUT2D eigenvalue weighted by Crippen LogP contribution is 2.52. The Balaban J connectivity index is 1.02. The van der Waals surface area contributed by atoms with Crippen LogP contribution in [0, 0.1) is 0 Å². The molecule has 0 aliphatic carbocycles. The molecule has 3 nitrogen and oxygen atoms in total. The number of hydrogen-bond donors (Lipinski definition) is 0. The molecule has 0 radical (unpaired) electrons. The Hall–Kier alpha value is -9.51. The Bertz CT molecular complexity index is 4110. The average molecular weight is 1020 g/mol. The highest BCUT2D eigenvalue weighted by atomic mass is 15.2. The van der Waals surface area contributed by atoms with Crippen LogP contribution in [0.1, 0.15) is 0 Å². The molecule has 0 spiro atoms. The van der Waals surface area contributed by atoms with Gasteiger partial charge in [0.25, 0.3) is 6.71 Å². The number of para-hydroxylation sites is 3. The fraction of sp³-hybridized carbons (Fsp3) is 0. The van der Waals surface area contributed by atoms with Gasteiger partial charge in [-0.25, -0.2) is 0 Å². The number of anilines is 9. The molecule has 12 aromatic rings. The first-order valence-corrected chi connectivity index (χ1v) is 29.5. The molecular formula is C72H42B7N3. The lowest BCUT2D eigenvalue weighted by atomic mass is 9.20. The molecule has 9 aliphatic heterocycles. The van der Waals surface area contributed by atoms with Crippen molar-refractivity contribution in [2.24, 2.45) is 0 Å². The van der Waals surface area contributed by atoms with Crippen LogP contribution in [0.3, 0.4) is 0 Å². The van der Waals surface area contributed by atoms with Crippen molar-refractivity contribution in [2.75, 3.05) is 14.7 Å². The van der Waals surface area contributed by atoms with Crippen molar-refractivity contribution >= 4 is 213 Å². The Morgan fingerprint density at radius 3 is 0.524 bits per heavy atom. The maximum atomic E-state index is 2.86. The summed E-state index contributed by atoms with van der Waals surface area (Å²) < 4.78 is 0. The average Bonchev–Trinajstić information content (AvgIpc) is 0.700. The van der Waals surface area contributed by atoms with Crippen molar-refractivity contribution in [1.82, 2.24) is 0 Å². The van der Waals surface area contributed by atoms with Gasteiger partial charge in [-0.1, -0.05) is 288 Å². The minimum atomic E-state index is -0.0705. The van der Waals surface area contributed by atoms with Crippen LogP contribution < -0.4 is 129 Å². The van der Waals surface area contributed by atoms with Gasteiger partial charge in [0, 0.05) is 51.2 Å². The van der Waals surface area contributed by atoms with Gasteiger partial charge in [-0.15, -0.1) is 0 Å².